The van der Waals surface area contributed by atoms with Gasteiger partial charge in [-0.05, 0) is 25.0 Å². The molecule has 0 atom stereocenters. The van der Waals surface area contributed by atoms with Crippen LogP contribution < -0.4 is 10.6 Å². The first-order valence-corrected chi connectivity index (χ1v) is 6.63. The number of aromatic nitrogens is 2. The van der Waals surface area contributed by atoms with Crippen LogP contribution in [0.4, 0.5) is 11.6 Å². The number of amides is 1. The standard InChI is InChI=1S/C13H22N4O/c1-3-5-7-13(18)15-12-9-8-11(16-17-12)14-10-6-4-2/h8-9H,3-7,10H2,1-2H3,(H,14,16)(H,15,17,18). The van der Waals surface area contributed by atoms with Gasteiger partial charge >= 0.3 is 0 Å². The van der Waals surface area contributed by atoms with Crippen LogP contribution in [0.5, 0.6) is 0 Å². The summed E-state index contributed by atoms with van der Waals surface area (Å²) >= 11 is 0. The van der Waals surface area contributed by atoms with Crippen LogP contribution in [0.15, 0.2) is 12.1 Å². The number of anilines is 2. The molecule has 0 aromatic carbocycles. The Morgan fingerprint density at radius 3 is 2.39 bits per heavy atom. The van der Waals surface area contributed by atoms with Gasteiger partial charge in [0, 0.05) is 13.0 Å². The van der Waals surface area contributed by atoms with Gasteiger partial charge in [-0.3, -0.25) is 4.79 Å². The Morgan fingerprint density at radius 1 is 1.11 bits per heavy atom. The predicted molar refractivity (Wildman–Crippen MR) is 73.6 cm³/mol. The first-order chi connectivity index (χ1) is 8.76. The fourth-order valence-corrected chi connectivity index (χ4v) is 1.43. The van der Waals surface area contributed by atoms with Crippen LogP contribution >= 0.6 is 0 Å². The topological polar surface area (TPSA) is 66.9 Å². The Hall–Kier alpha value is -1.65. The number of carbonyl (C=O) groups excluding carboxylic acids is 1. The van der Waals surface area contributed by atoms with Crippen molar-refractivity contribution in [3.8, 4) is 0 Å². The minimum atomic E-state index is -0.00200. The van der Waals surface area contributed by atoms with Crippen LogP contribution in [-0.4, -0.2) is 22.6 Å². The highest BCUT2D eigenvalue weighted by molar-refractivity contribution is 5.89. The molecule has 1 aromatic rings. The molecule has 1 aromatic heterocycles. The van der Waals surface area contributed by atoms with E-state index in [9.17, 15) is 4.79 Å². The maximum absolute atomic E-state index is 11.5. The van der Waals surface area contributed by atoms with E-state index in [1.165, 1.54) is 0 Å². The highest BCUT2D eigenvalue weighted by Crippen LogP contribution is 2.07. The summed E-state index contributed by atoms with van der Waals surface area (Å²) in [6.07, 6.45) is 4.70. The van der Waals surface area contributed by atoms with Gasteiger partial charge in [-0.2, -0.15) is 0 Å². The van der Waals surface area contributed by atoms with E-state index in [-0.39, 0.29) is 5.91 Å². The smallest absolute Gasteiger partial charge is 0.225 e. The Balaban J connectivity index is 2.37. The Morgan fingerprint density at radius 2 is 1.78 bits per heavy atom. The van der Waals surface area contributed by atoms with Crippen LogP contribution in [0.2, 0.25) is 0 Å². The molecule has 0 radical (unpaired) electrons. The van der Waals surface area contributed by atoms with Crippen molar-refractivity contribution in [3.63, 3.8) is 0 Å². The largest absolute Gasteiger partial charge is 0.369 e. The number of carbonyl (C=O) groups is 1. The van der Waals surface area contributed by atoms with Gasteiger partial charge in [0.25, 0.3) is 0 Å². The zero-order valence-corrected chi connectivity index (χ0v) is 11.2. The molecule has 0 saturated carbocycles. The summed E-state index contributed by atoms with van der Waals surface area (Å²) in [5, 5.41) is 13.9. The normalized spacial score (nSPS) is 10.1. The molecular weight excluding hydrogens is 228 g/mol. The van der Waals surface area contributed by atoms with E-state index in [0.29, 0.717) is 12.2 Å². The van der Waals surface area contributed by atoms with Crippen molar-refractivity contribution in [2.24, 2.45) is 0 Å². The van der Waals surface area contributed by atoms with Gasteiger partial charge in [-0.15, -0.1) is 10.2 Å². The lowest BCUT2D eigenvalue weighted by atomic mass is 10.2. The van der Waals surface area contributed by atoms with Crippen molar-refractivity contribution in [1.82, 2.24) is 10.2 Å². The molecular formula is C13H22N4O. The first-order valence-electron chi connectivity index (χ1n) is 6.63. The average Bonchev–Trinajstić information content (AvgIpc) is 2.39. The molecule has 100 valence electrons. The van der Waals surface area contributed by atoms with Gasteiger partial charge < -0.3 is 10.6 Å². The molecule has 2 N–H and O–H groups in total. The summed E-state index contributed by atoms with van der Waals surface area (Å²) in [5.41, 5.74) is 0. The van der Waals surface area contributed by atoms with E-state index in [4.69, 9.17) is 0 Å². The fraction of sp³-hybridized carbons (Fsp3) is 0.615. The van der Waals surface area contributed by atoms with E-state index in [1.54, 1.807) is 6.07 Å². The molecule has 5 nitrogen and oxygen atoms in total. The van der Waals surface area contributed by atoms with Crippen molar-refractivity contribution in [2.45, 2.75) is 46.0 Å². The predicted octanol–water partition coefficient (Wildman–Crippen LogP) is 2.82. The van der Waals surface area contributed by atoms with Gasteiger partial charge in [-0.25, -0.2) is 0 Å². The van der Waals surface area contributed by atoms with Gasteiger partial charge in [-0.1, -0.05) is 26.7 Å². The van der Waals surface area contributed by atoms with Gasteiger partial charge in [0.05, 0.1) is 0 Å². The second-order valence-electron chi connectivity index (χ2n) is 4.24. The Labute approximate surface area is 108 Å². The monoisotopic (exact) mass is 250 g/mol. The minimum Gasteiger partial charge on any atom is -0.369 e. The van der Waals surface area contributed by atoms with E-state index in [1.807, 2.05) is 6.07 Å². The lowest BCUT2D eigenvalue weighted by Gasteiger charge is -2.05. The fourth-order valence-electron chi connectivity index (χ4n) is 1.43. The molecule has 1 amide bonds. The Kier molecular flexibility index (Phi) is 6.76. The van der Waals surface area contributed by atoms with Gasteiger partial charge in [0.1, 0.15) is 5.82 Å². The van der Waals surface area contributed by atoms with Crippen LogP contribution in [0.3, 0.4) is 0 Å². The summed E-state index contributed by atoms with van der Waals surface area (Å²) in [4.78, 5) is 11.5. The maximum Gasteiger partial charge on any atom is 0.225 e. The van der Waals surface area contributed by atoms with E-state index in [0.717, 1.165) is 38.0 Å². The molecule has 0 aliphatic heterocycles. The zero-order chi connectivity index (χ0) is 13.2. The van der Waals surface area contributed by atoms with Crippen molar-refractivity contribution in [1.29, 1.82) is 0 Å². The van der Waals surface area contributed by atoms with Crippen LogP contribution in [0.25, 0.3) is 0 Å². The maximum atomic E-state index is 11.5. The number of nitrogens with zero attached hydrogens (tertiary/aromatic N) is 2. The molecule has 0 fully saturated rings. The van der Waals surface area contributed by atoms with Gasteiger partial charge in [0.15, 0.2) is 5.82 Å². The molecule has 18 heavy (non-hydrogen) atoms. The van der Waals surface area contributed by atoms with Crippen LogP contribution in [0.1, 0.15) is 46.0 Å². The van der Waals surface area contributed by atoms with E-state index >= 15 is 0 Å². The molecule has 1 heterocycles. The third-order valence-electron chi connectivity index (χ3n) is 2.53. The summed E-state index contributed by atoms with van der Waals surface area (Å²) in [6, 6.07) is 3.60. The quantitative estimate of drug-likeness (QED) is 0.696. The number of rotatable bonds is 8. The summed E-state index contributed by atoms with van der Waals surface area (Å²) in [7, 11) is 0. The second kappa shape index (κ2) is 8.44. The summed E-state index contributed by atoms with van der Waals surface area (Å²) in [6.45, 7) is 5.10. The Bertz CT molecular complexity index is 351. The van der Waals surface area contributed by atoms with Gasteiger partial charge in [0.2, 0.25) is 5.91 Å². The molecule has 0 bridgehead atoms. The van der Waals surface area contributed by atoms with Crippen LogP contribution in [-0.2, 0) is 4.79 Å². The number of unbranched alkanes of at least 4 members (excludes halogenated alkanes) is 2. The molecule has 0 aliphatic rings. The third-order valence-corrected chi connectivity index (χ3v) is 2.53. The lowest BCUT2D eigenvalue weighted by molar-refractivity contribution is -0.116. The molecule has 0 aliphatic carbocycles. The van der Waals surface area contributed by atoms with Crippen LogP contribution in [0, 0.1) is 0 Å². The molecule has 1 rings (SSSR count). The number of hydrogen-bond acceptors (Lipinski definition) is 4. The molecule has 0 unspecified atom stereocenters. The highest BCUT2D eigenvalue weighted by atomic mass is 16.1. The average molecular weight is 250 g/mol. The van der Waals surface area contributed by atoms with E-state index in [2.05, 4.69) is 34.7 Å². The number of hydrogen-bond donors (Lipinski definition) is 2. The summed E-state index contributed by atoms with van der Waals surface area (Å²) in [5.74, 6) is 1.25. The van der Waals surface area contributed by atoms with E-state index < -0.39 is 0 Å². The second-order valence-corrected chi connectivity index (χ2v) is 4.24. The van der Waals surface area contributed by atoms with Crippen molar-refractivity contribution in [2.75, 3.05) is 17.2 Å². The summed E-state index contributed by atoms with van der Waals surface area (Å²) < 4.78 is 0. The lowest BCUT2D eigenvalue weighted by Crippen LogP contribution is -2.13. The third kappa shape index (κ3) is 5.61. The SMILES string of the molecule is CCCCNc1ccc(NC(=O)CCCC)nn1. The molecule has 5 heteroatoms. The molecule has 0 saturated heterocycles. The van der Waals surface area contributed by atoms with Crippen molar-refractivity contribution >= 4 is 17.5 Å². The molecule has 0 spiro atoms. The number of nitrogens with one attached hydrogen (secondary N) is 2. The first kappa shape index (κ1) is 14.4. The zero-order valence-electron chi connectivity index (χ0n) is 11.2. The van der Waals surface area contributed by atoms with Crippen molar-refractivity contribution < 1.29 is 4.79 Å². The highest BCUT2D eigenvalue weighted by Gasteiger charge is 2.03. The van der Waals surface area contributed by atoms with Crippen molar-refractivity contribution in [3.05, 3.63) is 12.1 Å². The minimum absolute atomic E-state index is 0.00200.